The van der Waals surface area contributed by atoms with Crippen LogP contribution in [0.15, 0.2) is 51.4 Å². The number of nitrogens with two attached hydrogens (primary N) is 1. The van der Waals surface area contributed by atoms with Crippen molar-refractivity contribution in [2.24, 2.45) is 5.73 Å². The number of aryl methyl sites for hydroxylation is 2. The zero-order chi connectivity index (χ0) is 14.3. The molecule has 1 aromatic heterocycles. The molecule has 0 amide bonds. The maximum Gasteiger partial charge on any atom is 0.135 e. The topological polar surface area (TPSA) is 39.2 Å². The Morgan fingerprint density at radius 2 is 1.90 bits per heavy atom. The molecule has 0 saturated heterocycles. The SMILES string of the molecule is Cc1cccc(C(N)c2oc3cc(Br)ccc3c2C)c1. The van der Waals surface area contributed by atoms with Gasteiger partial charge in [0, 0.05) is 15.4 Å². The highest BCUT2D eigenvalue weighted by Gasteiger charge is 2.18. The molecule has 1 atom stereocenters. The molecule has 0 bridgehead atoms. The number of halogens is 1. The van der Waals surface area contributed by atoms with Crippen LogP contribution in [0.3, 0.4) is 0 Å². The number of furan rings is 1. The number of hydrogen-bond acceptors (Lipinski definition) is 2. The second kappa shape index (κ2) is 5.08. The van der Waals surface area contributed by atoms with E-state index in [1.54, 1.807) is 0 Å². The molecule has 3 heteroatoms. The molecule has 2 N–H and O–H groups in total. The molecule has 1 unspecified atom stereocenters. The highest BCUT2D eigenvalue weighted by molar-refractivity contribution is 9.10. The lowest BCUT2D eigenvalue weighted by Gasteiger charge is -2.11. The molecule has 0 aliphatic carbocycles. The third kappa shape index (κ3) is 2.28. The van der Waals surface area contributed by atoms with Crippen molar-refractivity contribution in [2.75, 3.05) is 0 Å². The number of rotatable bonds is 2. The van der Waals surface area contributed by atoms with E-state index in [1.807, 2.05) is 24.3 Å². The summed E-state index contributed by atoms with van der Waals surface area (Å²) in [6, 6.07) is 14.1. The van der Waals surface area contributed by atoms with Gasteiger partial charge in [-0.15, -0.1) is 0 Å². The van der Waals surface area contributed by atoms with Crippen molar-refractivity contribution in [3.8, 4) is 0 Å². The number of benzene rings is 2. The summed E-state index contributed by atoms with van der Waals surface area (Å²) in [5.41, 5.74) is 10.6. The van der Waals surface area contributed by atoms with Crippen LogP contribution in [0.1, 0.15) is 28.5 Å². The van der Waals surface area contributed by atoms with Crippen molar-refractivity contribution in [1.29, 1.82) is 0 Å². The molecule has 2 aromatic carbocycles. The van der Waals surface area contributed by atoms with E-state index in [0.29, 0.717) is 0 Å². The second-order valence-corrected chi connectivity index (χ2v) is 6.04. The Balaban J connectivity index is 2.12. The molecule has 0 fully saturated rings. The minimum Gasteiger partial charge on any atom is -0.459 e. The minimum atomic E-state index is -0.235. The van der Waals surface area contributed by atoms with Crippen molar-refractivity contribution in [2.45, 2.75) is 19.9 Å². The van der Waals surface area contributed by atoms with Crippen molar-refractivity contribution in [1.82, 2.24) is 0 Å². The van der Waals surface area contributed by atoms with Crippen LogP contribution in [0.2, 0.25) is 0 Å². The van der Waals surface area contributed by atoms with Crippen LogP contribution < -0.4 is 5.73 Å². The van der Waals surface area contributed by atoms with Gasteiger partial charge in [-0.25, -0.2) is 0 Å². The molecular formula is C17H16BrNO. The second-order valence-electron chi connectivity index (χ2n) is 5.12. The largest absolute Gasteiger partial charge is 0.459 e. The van der Waals surface area contributed by atoms with Crippen molar-refractivity contribution < 1.29 is 4.42 Å². The normalized spacial score (nSPS) is 12.8. The average Bonchev–Trinajstić information content (AvgIpc) is 2.74. The Morgan fingerprint density at radius 1 is 1.10 bits per heavy atom. The summed E-state index contributed by atoms with van der Waals surface area (Å²) in [7, 11) is 0. The van der Waals surface area contributed by atoms with Crippen LogP contribution in [0.25, 0.3) is 11.0 Å². The molecule has 0 aliphatic heterocycles. The molecule has 3 rings (SSSR count). The standard InChI is InChI=1S/C17H16BrNO/c1-10-4-3-5-12(8-10)16(19)17-11(2)14-7-6-13(18)9-15(14)20-17/h3-9,16H,19H2,1-2H3. The van der Waals surface area contributed by atoms with Crippen LogP contribution in [0.4, 0.5) is 0 Å². The van der Waals surface area contributed by atoms with Crippen LogP contribution in [0, 0.1) is 13.8 Å². The molecule has 0 aliphatic rings. The maximum atomic E-state index is 6.38. The number of hydrogen-bond donors (Lipinski definition) is 1. The first-order chi connectivity index (χ1) is 9.56. The Hall–Kier alpha value is -1.58. The first-order valence-corrected chi connectivity index (χ1v) is 7.36. The van der Waals surface area contributed by atoms with Crippen LogP contribution in [0.5, 0.6) is 0 Å². The highest BCUT2D eigenvalue weighted by Crippen LogP contribution is 2.33. The third-order valence-electron chi connectivity index (χ3n) is 3.62. The lowest BCUT2D eigenvalue weighted by molar-refractivity contribution is 0.521. The summed E-state index contributed by atoms with van der Waals surface area (Å²) < 4.78 is 6.99. The lowest BCUT2D eigenvalue weighted by atomic mass is 10.0. The number of fused-ring (bicyclic) bond motifs is 1. The summed E-state index contributed by atoms with van der Waals surface area (Å²) in [5, 5.41) is 1.12. The van der Waals surface area contributed by atoms with Crippen LogP contribution >= 0.6 is 15.9 Å². The van der Waals surface area contributed by atoms with E-state index in [9.17, 15) is 0 Å². The van der Waals surface area contributed by atoms with Gasteiger partial charge in [-0.2, -0.15) is 0 Å². The van der Waals surface area contributed by atoms with Gasteiger partial charge in [-0.05, 0) is 37.6 Å². The molecule has 2 nitrogen and oxygen atoms in total. The summed E-state index contributed by atoms with van der Waals surface area (Å²) in [4.78, 5) is 0. The summed E-state index contributed by atoms with van der Waals surface area (Å²) in [6.45, 7) is 4.13. The Morgan fingerprint density at radius 3 is 2.65 bits per heavy atom. The van der Waals surface area contributed by atoms with E-state index in [4.69, 9.17) is 10.2 Å². The van der Waals surface area contributed by atoms with Crippen molar-refractivity contribution in [3.05, 3.63) is 69.4 Å². The fourth-order valence-corrected chi connectivity index (χ4v) is 2.87. The van der Waals surface area contributed by atoms with Crippen molar-refractivity contribution >= 4 is 26.9 Å². The maximum absolute atomic E-state index is 6.38. The van der Waals surface area contributed by atoms with E-state index in [2.05, 4.69) is 48.0 Å². The predicted molar refractivity (Wildman–Crippen MR) is 85.9 cm³/mol. The lowest BCUT2D eigenvalue weighted by Crippen LogP contribution is -2.12. The van der Waals surface area contributed by atoms with Gasteiger partial charge in [-0.3, -0.25) is 0 Å². The highest BCUT2D eigenvalue weighted by atomic mass is 79.9. The third-order valence-corrected chi connectivity index (χ3v) is 4.11. The quantitative estimate of drug-likeness (QED) is 0.729. The molecule has 102 valence electrons. The first kappa shape index (κ1) is 13.4. The first-order valence-electron chi connectivity index (χ1n) is 6.57. The van der Waals surface area contributed by atoms with Gasteiger partial charge in [0.25, 0.3) is 0 Å². The zero-order valence-electron chi connectivity index (χ0n) is 11.5. The molecule has 0 saturated carbocycles. The van der Waals surface area contributed by atoms with Gasteiger partial charge in [0.05, 0.1) is 6.04 Å². The average molecular weight is 330 g/mol. The van der Waals surface area contributed by atoms with Gasteiger partial charge in [0.1, 0.15) is 11.3 Å². The van der Waals surface area contributed by atoms with Gasteiger partial charge >= 0.3 is 0 Å². The summed E-state index contributed by atoms with van der Waals surface area (Å²) in [5.74, 6) is 0.837. The Kier molecular flexibility index (Phi) is 3.40. The predicted octanol–water partition coefficient (Wildman–Crippen LogP) is 4.86. The van der Waals surface area contributed by atoms with E-state index >= 15 is 0 Å². The molecular weight excluding hydrogens is 314 g/mol. The van der Waals surface area contributed by atoms with E-state index < -0.39 is 0 Å². The van der Waals surface area contributed by atoms with Crippen LogP contribution in [-0.4, -0.2) is 0 Å². The van der Waals surface area contributed by atoms with Crippen LogP contribution in [-0.2, 0) is 0 Å². The van der Waals surface area contributed by atoms with Crippen molar-refractivity contribution in [3.63, 3.8) is 0 Å². The molecule has 0 spiro atoms. The van der Waals surface area contributed by atoms with E-state index in [-0.39, 0.29) is 6.04 Å². The van der Waals surface area contributed by atoms with Gasteiger partial charge in [0.2, 0.25) is 0 Å². The molecule has 0 radical (unpaired) electrons. The monoisotopic (exact) mass is 329 g/mol. The van der Waals surface area contributed by atoms with Gasteiger partial charge < -0.3 is 10.2 Å². The fourth-order valence-electron chi connectivity index (χ4n) is 2.53. The molecule has 20 heavy (non-hydrogen) atoms. The minimum absolute atomic E-state index is 0.235. The van der Waals surface area contributed by atoms with Gasteiger partial charge in [0.15, 0.2) is 0 Å². The molecule has 3 aromatic rings. The smallest absolute Gasteiger partial charge is 0.135 e. The summed E-state index contributed by atoms with van der Waals surface area (Å²) in [6.07, 6.45) is 0. The zero-order valence-corrected chi connectivity index (χ0v) is 13.1. The van der Waals surface area contributed by atoms with Gasteiger partial charge in [-0.1, -0.05) is 45.8 Å². The van der Waals surface area contributed by atoms with E-state index in [1.165, 1.54) is 5.56 Å². The fraction of sp³-hybridized carbons (Fsp3) is 0.176. The summed E-state index contributed by atoms with van der Waals surface area (Å²) >= 11 is 3.47. The van der Waals surface area contributed by atoms with E-state index in [0.717, 1.165) is 32.3 Å². The molecule has 1 heterocycles. The Labute approximate surface area is 126 Å². The Bertz CT molecular complexity index is 776.